The molecule has 1 saturated heterocycles. The van der Waals surface area contributed by atoms with Crippen molar-refractivity contribution in [2.75, 3.05) is 37.7 Å². The number of benzene rings is 1. The molecule has 138 valence electrons. The molecule has 27 heavy (non-hydrogen) atoms. The van der Waals surface area contributed by atoms with Crippen LogP contribution >= 0.6 is 0 Å². The van der Waals surface area contributed by atoms with Gasteiger partial charge in [0.2, 0.25) is 5.91 Å². The molecule has 0 aliphatic carbocycles. The van der Waals surface area contributed by atoms with E-state index in [1.165, 1.54) is 0 Å². The number of anilines is 1. The molecule has 0 bridgehead atoms. The van der Waals surface area contributed by atoms with Crippen LogP contribution < -0.4 is 4.90 Å². The fourth-order valence-electron chi connectivity index (χ4n) is 3.75. The molecule has 0 radical (unpaired) electrons. The zero-order valence-corrected chi connectivity index (χ0v) is 15.0. The molecule has 1 amide bonds. The summed E-state index contributed by atoms with van der Waals surface area (Å²) < 4.78 is 5.34. The van der Waals surface area contributed by atoms with Crippen molar-refractivity contribution >= 4 is 23.1 Å². The van der Waals surface area contributed by atoms with Crippen molar-refractivity contribution in [3.8, 4) is 6.07 Å². The molecule has 1 aromatic rings. The number of morpholine rings is 1. The first-order valence-corrected chi connectivity index (χ1v) is 9.12. The normalized spacial score (nSPS) is 19.3. The van der Waals surface area contributed by atoms with Crippen LogP contribution in [-0.2, 0) is 20.7 Å². The summed E-state index contributed by atoms with van der Waals surface area (Å²) in [5.41, 5.74) is 2.93. The van der Waals surface area contributed by atoms with Crippen LogP contribution in [0, 0.1) is 11.3 Å². The molecule has 0 atom stereocenters. The standard InChI is InChI=1S/C20H20N4O3/c21-13-14-2-1-3-18-17(14)4-5-24(18)20(26)11-15-10-16(25)12-19(22-15)23-6-8-27-9-7-23/h1-3,12H,4-11H2. The highest BCUT2D eigenvalue weighted by Gasteiger charge is 2.28. The molecule has 0 spiro atoms. The Morgan fingerprint density at radius 2 is 2.07 bits per heavy atom. The molecule has 3 aliphatic rings. The van der Waals surface area contributed by atoms with E-state index < -0.39 is 0 Å². The Morgan fingerprint density at radius 1 is 1.26 bits per heavy atom. The lowest BCUT2D eigenvalue weighted by Crippen LogP contribution is -2.37. The van der Waals surface area contributed by atoms with Crippen LogP contribution in [0.4, 0.5) is 5.69 Å². The van der Waals surface area contributed by atoms with Gasteiger partial charge in [0, 0.05) is 43.5 Å². The molecule has 4 rings (SSSR count). The Balaban J connectivity index is 1.51. The van der Waals surface area contributed by atoms with Crippen molar-refractivity contribution in [3.63, 3.8) is 0 Å². The number of allylic oxidation sites excluding steroid dienone is 1. The highest BCUT2D eigenvalue weighted by atomic mass is 16.5. The number of ketones is 1. The average Bonchev–Trinajstić information content (AvgIpc) is 3.12. The summed E-state index contributed by atoms with van der Waals surface area (Å²) in [5.74, 6) is 0.521. The molecule has 3 heterocycles. The summed E-state index contributed by atoms with van der Waals surface area (Å²) in [6.07, 6.45) is 2.53. The fraction of sp³-hybridized carbons (Fsp3) is 0.400. The van der Waals surface area contributed by atoms with Gasteiger partial charge in [-0.05, 0) is 24.1 Å². The van der Waals surface area contributed by atoms with Gasteiger partial charge in [0.15, 0.2) is 5.78 Å². The maximum absolute atomic E-state index is 12.9. The number of nitrogens with zero attached hydrogens (tertiary/aromatic N) is 4. The predicted molar refractivity (Wildman–Crippen MR) is 99.4 cm³/mol. The molecule has 7 heteroatoms. The molecular formula is C20H20N4O3. The highest BCUT2D eigenvalue weighted by molar-refractivity contribution is 6.16. The van der Waals surface area contributed by atoms with Crippen molar-refractivity contribution in [1.29, 1.82) is 5.26 Å². The summed E-state index contributed by atoms with van der Waals surface area (Å²) in [6, 6.07) is 7.63. The van der Waals surface area contributed by atoms with Gasteiger partial charge < -0.3 is 14.5 Å². The van der Waals surface area contributed by atoms with Crippen LogP contribution in [0.15, 0.2) is 35.1 Å². The number of amides is 1. The number of rotatable bonds is 3. The lowest BCUT2D eigenvalue weighted by atomic mass is 10.1. The molecule has 7 nitrogen and oxygen atoms in total. The van der Waals surface area contributed by atoms with E-state index in [1.807, 2.05) is 11.0 Å². The smallest absolute Gasteiger partial charge is 0.232 e. The summed E-state index contributed by atoms with van der Waals surface area (Å²) >= 11 is 0. The largest absolute Gasteiger partial charge is 0.378 e. The number of fused-ring (bicyclic) bond motifs is 1. The topological polar surface area (TPSA) is 86.0 Å². The first-order valence-electron chi connectivity index (χ1n) is 9.12. The number of nitriles is 1. The Bertz CT molecular complexity index is 891. The van der Waals surface area contributed by atoms with Crippen LogP contribution in [0.25, 0.3) is 0 Å². The molecule has 3 aliphatic heterocycles. The first-order chi connectivity index (χ1) is 13.2. The highest BCUT2D eigenvalue weighted by Crippen LogP contribution is 2.31. The number of ether oxygens (including phenoxy) is 1. The second-order valence-electron chi connectivity index (χ2n) is 6.81. The number of carbonyl (C=O) groups excluding carboxylic acids is 2. The lowest BCUT2D eigenvalue weighted by Gasteiger charge is -2.30. The summed E-state index contributed by atoms with van der Waals surface area (Å²) in [5, 5.41) is 9.24. The van der Waals surface area contributed by atoms with Crippen LogP contribution in [0.5, 0.6) is 0 Å². The first kappa shape index (κ1) is 17.4. The second kappa shape index (κ2) is 7.33. The van der Waals surface area contributed by atoms with E-state index in [2.05, 4.69) is 11.1 Å². The molecule has 1 fully saturated rings. The van der Waals surface area contributed by atoms with E-state index in [0.29, 0.717) is 56.4 Å². The van der Waals surface area contributed by atoms with Gasteiger partial charge >= 0.3 is 0 Å². The number of aliphatic imine (C=N–C) groups is 1. The lowest BCUT2D eigenvalue weighted by molar-refractivity contribution is -0.117. The summed E-state index contributed by atoms with van der Waals surface area (Å²) in [4.78, 5) is 33.3. The van der Waals surface area contributed by atoms with Crippen molar-refractivity contribution in [2.45, 2.75) is 19.3 Å². The van der Waals surface area contributed by atoms with Crippen LogP contribution in [0.3, 0.4) is 0 Å². The number of hydrogen-bond donors (Lipinski definition) is 0. The molecule has 0 unspecified atom stereocenters. The Hall–Kier alpha value is -2.98. The number of hydrogen-bond acceptors (Lipinski definition) is 6. The zero-order valence-electron chi connectivity index (χ0n) is 15.0. The van der Waals surface area contributed by atoms with Crippen molar-refractivity contribution < 1.29 is 14.3 Å². The minimum absolute atomic E-state index is 0.0251. The SMILES string of the molecule is N#Cc1cccc2c1CCN2C(=O)CC1=NC(N2CCOCC2)=CC(=O)C1. The Morgan fingerprint density at radius 3 is 2.85 bits per heavy atom. The van der Waals surface area contributed by atoms with Crippen molar-refractivity contribution in [3.05, 3.63) is 41.2 Å². The van der Waals surface area contributed by atoms with Gasteiger partial charge in [0.25, 0.3) is 0 Å². The molecule has 0 aromatic heterocycles. The van der Waals surface area contributed by atoms with E-state index >= 15 is 0 Å². The van der Waals surface area contributed by atoms with Crippen LogP contribution in [0.1, 0.15) is 24.0 Å². The van der Waals surface area contributed by atoms with E-state index in [-0.39, 0.29) is 24.5 Å². The molecule has 0 saturated carbocycles. The van der Waals surface area contributed by atoms with Gasteiger partial charge in [0.1, 0.15) is 5.82 Å². The van der Waals surface area contributed by atoms with Crippen LogP contribution in [0.2, 0.25) is 0 Å². The van der Waals surface area contributed by atoms with Crippen molar-refractivity contribution in [2.24, 2.45) is 4.99 Å². The monoisotopic (exact) mass is 364 g/mol. The van der Waals surface area contributed by atoms with E-state index in [0.717, 1.165) is 11.3 Å². The molecule has 1 aromatic carbocycles. The van der Waals surface area contributed by atoms with Gasteiger partial charge in [-0.3, -0.25) is 9.59 Å². The summed E-state index contributed by atoms with van der Waals surface area (Å²) in [6.45, 7) is 3.17. The van der Waals surface area contributed by atoms with Crippen LogP contribution in [-0.4, -0.2) is 55.2 Å². The zero-order chi connectivity index (χ0) is 18.8. The van der Waals surface area contributed by atoms with E-state index in [4.69, 9.17) is 4.74 Å². The summed E-state index contributed by atoms with van der Waals surface area (Å²) in [7, 11) is 0. The third kappa shape index (κ3) is 3.49. The predicted octanol–water partition coefficient (Wildman–Crippen LogP) is 1.42. The third-order valence-electron chi connectivity index (χ3n) is 5.08. The fourth-order valence-corrected chi connectivity index (χ4v) is 3.75. The third-order valence-corrected chi connectivity index (χ3v) is 5.08. The maximum atomic E-state index is 12.9. The second-order valence-corrected chi connectivity index (χ2v) is 6.81. The molecular weight excluding hydrogens is 344 g/mol. The van der Waals surface area contributed by atoms with Gasteiger partial charge in [0.05, 0.1) is 31.3 Å². The average molecular weight is 364 g/mol. The minimum Gasteiger partial charge on any atom is -0.378 e. The Kier molecular flexibility index (Phi) is 4.73. The maximum Gasteiger partial charge on any atom is 0.232 e. The van der Waals surface area contributed by atoms with Crippen molar-refractivity contribution in [1.82, 2.24) is 4.90 Å². The van der Waals surface area contributed by atoms with Gasteiger partial charge in [-0.2, -0.15) is 5.26 Å². The van der Waals surface area contributed by atoms with E-state index in [1.54, 1.807) is 23.1 Å². The Labute approximate surface area is 157 Å². The quantitative estimate of drug-likeness (QED) is 0.810. The van der Waals surface area contributed by atoms with E-state index in [9.17, 15) is 14.9 Å². The number of carbonyl (C=O) groups is 2. The van der Waals surface area contributed by atoms with Gasteiger partial charge in [-0.1, -0.05) is 6.07 Å². The minimum atomic E-state index is -0.0846. The molecule has 0 N–H and O–H groups in total. The van der Waals surface area contributed by atoms with Gasteiger partial charge in [-0.15, -0.1) is 0 Å². The van der Waals surface area contributed by atoms with Gasteiger partial charge in [-0.25, -0.2) is 4.99 Å².